The van der Waals surface area contributed by atoms with Crippen molar-refractivity contribution in [3.8, 4) is 0 Å². The highest BCUT2D eigenvalue weighted by Gasteiger charge is 2.21. The van der Waals surface area contributed by atoms with E-state index in [0.29, 0.717) is 6.17 Å². The summed E-state index contributed by atoms with van der Waals surface area (Å²) < 4.78 is 0. The van der Waals surface area contributed by atoms with Crippen LogP contribution in [0.1, 0.15) is 12.8 Å². The Labute approximate surface area is 120 Å². The van der Waals surface area contributed by atoms with Crippen molar-refractivity contribution in [1.82, 2.24) is 15.2 Å². The number of rotatable bonds is 2. The second kappa shape index (κ2) is 6.33. The lowest BCUT2D eigenvalue weighted by atomic mass is 10.1. The van der Waals surface area contributed by atoms with Crippen LogP contribution in [0.15, 0.2) is 29.4 Å². The van der Waals surface area contributed by atoms with Gasteiger partial charge in [-0.05, 0) is 19.2 Å². The molecule has 0 amide bonds. The van der Waals surface area contributed by atoms with E-state index in [1.54, 1.807) is 0 Å². The fourth-order valence-electron chi connectivity index (χ4n) is 2.81. The molecule has 0 radical (unpaired) electrons. The summed E-state index contributed by atoms with van der Waals surface area (Å²) in [6.45, 7) is 5.19. The SMILES string of the molecule is CN1CCNCC1N=C1CCN(c2ccccn2)CC1. The van der Waals surface area contributed by atoms with Crippen LogP contribution in [0.3, 0.4) is 0 Å². The molecule has 1 atom stereocenters. The molecule has 1 unspecified atom stereocenters. The number of hydrogen-bond acceptors (Lipinski definition) is 5. The zero-order valence-electron chi connectivity index (χ0n) is 12.1. The van der Waals surface area contributed by atoms with Gasteiger partial charge in [-0.25, -0.2) is 4.98 Å². The van der Waals surface area contributed by atoms with Crippen molar-refractivity contribution in [3.63, 3.8) is 0 Å². The van der Waals surface area contributed by atoms with Crippen LogP contribution >= 0.6 is 0 Å². The molecule has 1 aromatic heterocycles. The van der Waals surface area contributed by atoms with Crippen molar-refractivity contribution in [2.24, 2.45) is 4.99 Å². The third-order valence-electron chi connectivity index (χ3n) is 4.12. The summed E-state index contributed by atoms with van der Waals surface area (Å²) in [5, 5.41) is 3.42. The Morgan fingerprint density at radius 2 is 2.10 bits per heavy atom. The summed E-state index contributed by atoms with van der Waals surface area (Å²) in [7, 11) is 2.17. The summed E-state index contributed by atoms with van der Waals surface area (Å²) >= 11 is 0. The maximum atomic E-state index is 4.94. The smallest absolute Gasteiger partial charge is 0.128 e. The van der Waals surface area contributed by atoms with Crippen molar-refractivity contribution in [2.45, 2.75) is 19.0 Å². The van der Waals surface area contributed by atoms with E-state index in [-0.39, 0.29) is 0 Å². The van der Waals surface area contributed by atoms with Gasteiger partial charge in [0.15, 0.2) is 0 Å². The molecule has 5 nitrogen and oxygen atoms in total. The third-order valence-corrected chi connectivity index (χ3v) is 4.12. The van der Waals surface area contributed by atoms with Crippen LogP contribution in [0.5, 0.6) is 0 Å². The molecule has 0 aromatic carbocycles. The summed E-state index contributed by atoms with van der Waals surface area (Å²) in [6, 6.07) is 6.10. The predicted octanol–water partition coefficient (Wildman–Crippen LogP) is 0.984. The Morgan fingerprint density at radius 3 is 2.80 bits per heavy atom. The Balaban J connectivity index is 1.58. The highest BCUT2D eigenvalue weighted by molar-refractivity contribution is 5.86. The molecule has 2 fully saturated rings. The number of aliphatic imine (C=N–C) groups is 1. The lowest BCUT2D eigenvalue weighted by Gasteiger charge is -2.33. The molecule has 2 aliphatic rings. The molecule has 3 rings (SSSR count). The van der Waals surface area contributed by atoms with E-state index in [4.69, 9.17) is 4.99 Å². The van der Waals surface area contributed by atoms with Crippen molar-refractivity contribution >= 4 is 11.5 Å². The number of pyridine rings is 1. The standard InChI is InChI=1S/C15H23N5/c1-19-11-8-16-12-15(19)18-13-5-9-20(10-6-13)14-4-2-3-7-17-14/h2-4,7,15-16H,5-6,8-12H2,1H3. The molecular weight excluding hydrogens is 250 g/mol. The van der Waals surface area contributed by atoms with E-state index in [1.807, 2.05) is 12.3 Å². The topological polar surface area (TPSA) is 43.8 Å². The third kappa shape index (κ3) is 3.16. The number of aromatic nitrogens is 1. The number of hydrogen-bond donors (Lipinski definition) is 1. The van der Waals surface area contributed by atoms with Crippen LogP contribution in [-0.2, 0) is 0 Å². The largest absolute Gasteiger partial charge is 0.356 e. The highest BCUT2D eigenvalue weighted by atomic mass is 15.3. The summed E-state index contributed by atoms with van der Waals surface area (Å²) in [6.07, 6.45) is 4.30. The minimum Gasteiger partial charge on any atom is -0.356 e. The zero-order chi connectivity index (χ0) is 13.8. The van der Waals surface area contributed by atoms with Gasteiger partial charge in [-0.1, -0.05) is 6.07 Å². The predicted molar refractivity (Wildman–Crippen MR) is 82.4 cm³/mol. The maximum Gasteiger partial charge on any atom is 0.128 e. The van der Waals surface area contributed by atoms with Crippen LogP contribution in [0.25, 0.3) is 0 Å². The van der Waals surface area contributed by atoms with E-state index in [1.165, 1.54) is 5.71 Å². The van der Waals surface area contributed by atoms with Crippen LogP contribution < -0.4 is 10.2 Å². The number of nitrogens with zero attached hydrogens (tertiary/aromatic N) is 4. The number of piperazine rings is 1. The molecule has 2 aliphatic heterocycles. The molecule has 0 bridgehead atoms. The van der Waals surface area contributed by atoms with Gasteiger partial charge in [0, 0.05) is 57.5 Å². The number of piperidine rings is 1. The molecule has 1 N–H and O–H groups in total. The van der Waals surface area contributed by atoms with Crippen LogP contribution in [0.4, 0.5) is 5.82 Å². The van der Waals surface area contributed by atoms with Gasteiger partial charge < -0.3 is 10.2 Å². The molecule has 3 heterocycles. The number of anilines is 1. The van der Waals surface area contributed by atoms with E-state index < -0.39 is 0 Å². The fourth-order valence-corrected chi connectivity index (χ4v) is 2.81. The van der Waals surface area contributed by atoms with E-state index >= 15 is 0 Å². The summed E-state index contributed by atoms with van der Waals surface area (Å²) in [5.41, 5.74) is 1.36. The van der Waals surface area contributed by atoms with Crippen LogP contribution in [0, 0.1) is 0 Å². The Bertz CT molecular complexity index is 449. The van der Waals surface area contributed by atoms with E-state index in [2.05, 4.69) is 39.3 Å². The molecule has 0 aliphatic carbocycles. The summed E-state index contributed by atoms with van der Waals surface area (Å²) in [5.74, 6) is 1.09. The van der Waals surface area contributed by atoms with Crippen molar-refractivity contribution in [2.75, 3.05) is 44.7 Å². The lowest BCUT2D eigenvalue weighted by Crippen LogP contribution is -2.49. The molecule has 2 saturated heterocycles. The molecule has 5 heteroatoms. The minimum absolute atomic E-state index is 0.320. The zero-order valence-corrected chi connectivity index (χ0v) is 12.1. The van der Waals surface area contributed by atoms with Crippen LogP contribution in [-0.4, -0.2) is 61.5 Å². The second-order valence-electron chi connectivity index (χ2n) is 5.54. The second-order valence-corrected chi connectivity index (χ2v) is 5.54. The normalized spacial score (nSPS) is 24.8. The summed E-state index contributed by atoms with van der Waals surface area (Å²) in [4.78, 5) is 14.1. The van der Waals surface area contributed by atoms with Gasteiger partial charge in [0.1, 0.15) is 12.0 Å². The van der Waals surface area contributed by atoms with Gasteiger partial charge in [-0.3, -0.25) is 9.89 Å². The minimum atomic E-state index is 0.320. The Hall–Kier alpha value is -1.46. The first-order chi connectivity index (χ1) is 9.83. The van der Waals surface area contributed by atoms with Crippen LogP contribution in [0.2, 0.25) is 0 Å². The molecule has 1 aromatic rings. The Kier molecular flexibility index (Phi) is 4.28. The number of likely N-dealkylation sites (N-methyl/N-ethyl adjacent to an activating group) is 1. The Morgan fingerprint density at radius 1 is 1.25 bits per heavy atom. The molecular formula is C15H23N5. The van der Waals surface area contributed by atoms with Crippen molar-refractivity contribution < 1.29 is 0 Å². The lowest BCUT2D eigenvalue weighted by molar-refractivity contribution is 0.206. The first kappa shape index (κ1) is 13.5. The monoisotopic (exact) mass is 273 g/mol. The van der Waals surface area contributed by atoms with Gasteiger partial charge in [0.05, 0.1) is 0 Å². The average Bonchev–Trinajstić information content (AvgIpc) is 2.51. The fraction of sp³-hybridized carbons (Fsp3) is 0.600. The van der Waals surface area contributed by atoms with Gasteiger partial charge in [0.25, 0.3) is 0 Å². The van der Waals surface area contributed by atoms with Crippen molar-refractivity contribution in [3.05, 3.63) is 24.4 Å². The van der Waals surface area contributed by atoms with Gasteiger partial charge in [0.2, 0.25) is 0 Å². The van der Waals surface area contributed by atoms with E-state index in [9.17, 15) is 0 Å². The molecule has 0 spiro atoms. The maximum absolute atomic E-state index is 4.94. The molecule has 108 valence electrons. The quantitative estimate of drug-likeness (QED) is 0.872. The first-order valence-electron chi connectivity index (χ1n) is 7.45. The molecule has 0 saturated carbocycles. The first-order valence-corrected chi connectivity index (χ1v) is 7.45. The van der Waals surface area contributed by atoms with Gasteiger partial charge in [-0.2, -0.15) is 0 Å². The average molecular weight is 273 g/mol. The van der Waals surface area contributed by atoms with Gasteiger partial charge in [-0.15, -0.1) is 0 Å². The number of nitrogens with one attached hydrogen (secondary N) is 1. The van der Waals surface area contributed by atoms with E-state index in [0.717, 1.165) is 51.4 Å². The molecule has 20 heavy (non-hydrogen) atoms. The van der Waals surface area contributed by atoms with Gasteiger partial charge >= 0.3 is 0 Å². The van der Waals surface area contributed by atoms with Crippen molar-refractivity contribution in [1.29, 1.82) is 0 Å². The highest BCUT2D eigenvalue weighted by Crippen LogP contribution is 2.16.